The number of hydrogen-bond acceptors (Lipinski definition) is 10. The Hall–Kier alpha value is -1.51. The van der Waals surface area contributed by atoms with Gasteiger partial charge in [-0.1, -0.05) is 0 Å². The van der Waals surface area contributed by atoms with Gasteiger partial charge in [0, 0.05) is 6.42 Å². The van der Waals surface area contributed by atoms with Crippen LogP contribution in [0.2, 0.25) is 5.28 Å². The second-order valence-corrected chi connectivity index (χ2v) is 16.4. The maximum absolute atomic E-state index is 13.2. The van der Waals surface area contributed by atoms with Crippen LogP contribution in [0.3, 0.4) is 0 Å². The summed E-state index contributed by atoms with van der Waals surface area (Å²) in [6.07, 6.45) is 2.87. The smallest absolute Gasteiger partial charge is 0.340 e. The molecule has 3 heterocycles. The Morgan fingerprint density at radius 1 is 1.10 bits per heavy atom. The number of carbonyl (C=O) groups excluding carboxylic acids is 1. The van der Waals surface area contributed by atoms with E-state index in [2.05, 4.69) is 20.3 Å². The average molecular weight is 636 g/mol. The number of nitrogens with one attached hydrogen (secondary N) is 1. The number of aromatic nitrogens is 4. The lowest BCUT2D eigenvalue weighted by molar-refractivity contribution is -0.124. The summed E-state index contributed by atoms with van der Waals surface area (Å²) in [6.45, 7) is -0.740. The van der Waals surface area contributed by atoms with Crippen LogP contribution in [0.1, 0.15) is 51.2 Å². The number of halogens is 1. The number of hydrogen-bond donors (Lipinski definition) is 6. The first-order valence-corrected chi connectivity index (χ1v) is 17.4. The fourth-order valence-electron chi connectivity index (χ4n) is 7.75. The minimum absolute atomic E-state index is 0.00692. The van der Waals surface area contributed by atoms with Crippen molar-refractivity contribution in [3.63, 3.8) is 0 Å². The Labute approximate surface area is 239 Å². The lowest BCUT2D eigenvalue weighted by Crippen LogP contribution is -2.47. The molecule has 5 atom stereocenters. The second kappa shape index (κ2) is 10.6. The van der Waals surface area contributed by atoms with Gasteiger partial charge in [-0.2, -0.15) is 9.97 Å². The Morgan fingerprint density at radius 3 is 2.34 bits per heavy atom. The van der Waals surface area contributed by atoms with Gasteiger partial charge in [0.2, 0.25) is 11.2 Å². The van der Waals surface area contributed by atoms with Crippen molar-refractivity contribution in [1.29, 1.82) is 0 Å². The molecule has 2 aromatic heterocycles. The summed E-state index contributed by atoms with van der Waals surface area (Å²) < 4.78 is 34.8. The molecular weight excluding hydrogens is 604 g/mol. The second-order valence-electron chi connectivity index (χ2n) is 12.1. The van der Waals surface area contributed by atoms with Crippen LogP contribution < -0.4 is 5.32 Å². The van der Waals surface area contributed by atoms with Crippen LogP contribution in [-0.2, 0) is 23.2 Å². The van der Waals surface area contributed by atoms with Crippen molar-refractivity contribution in [2.45, 2.75) is 69.5 Å². The summed E-state index contributed by atoms with van der Waals surface area (Å²) in [5.41, 5.74) is 0.287. The Balaban J connectivity index is 1.17. The van der Waals surface area contributed by atoms with E-state index >= 15 is 0 Å². The lowest BCUT2D eigenvalue weighted by atomic mass is 9.49. The molecule has 0 radical (unpaired) electrons. The van der Waals surface area contributed by atoms with E-state index in [1.54, 1.807) is 0 Å². The predicted octanol–water partition coefficient (Wildman–Crippen LogP) is 1.98. The Morgan fingerprint density at radius 2 is 1.73 bits per heavy atom. The summed E-state index contributed by atoms with van der Waals surface area (Å²) in [4.78, 5) is 53.5. The van der Waals surface area contributed by atoms with Crippen LogP contribution in [-0.4, -0.2) is 81.1 Å². The number of imidazole rings is 1. The maximum atomic E-state index is 13.2. The summed E-state index contributed by atoms with van der Waals surface area (Å²) in [7, 11) is -9.57. The number of rotatable bonds is 9. The molecule has 1 saturated heterocycles. The number of amides is 1. The van der Waals surface area contributed by atoms with Gasteiger partial charge in [0.05, 0.1) is 12.9 Å². The van der Waals surface area contributed by atoms with Crippen LogP contribution >= 0.6 is 26.8 Å². The summed E-state index contributed by atoms with van der Waals surface area (Å²) in [5, 5.41) is 23.8. The summed E-state index contributed by atoms with van der Waals surface area (Å²) in [5.74, 6) is 0.590. The van der Waals surface area contributed by atoms with Crippen molar-refractivity contribution >= 4 is 49.7 Å². The highest BCUT2D eigenvalue weighted by atomic mass is 35.5. The molecule has 1 aliphatic heterocycles. The van der Waals surface area contributed by atoms with Crippen molar-refractivity contribution in [3.05, 3.63) is 11.6 Å². The zero-order valence-corrected chi connectivity index (χ0v) is 24.4. The number of carbonyl (C=O) groups is 1. The zero-order chi connectivity index (χ0) is 29.3. The van der Waals surface area contributed by atoms with Crippen LogP contribution in [0.4, 0.5) is 5.82 Å². The Kier molecular flexibility index (Phi) is 7.63. The molecule has 41 heavy (non-hydrogen) atoms. The van der Waals surface area contributed by atoms with Crippen LogP contribution in [0.5, 0.6) is 0 Å². The van der Waals surface area contributed by atoms with Crippen LogP contribution in [0.25, 0.3) is 11.2 Å². The van der Waals surface area contributed by atoms with Gasteiger partial charge in [-0.25, -0.2) is 4.98 Å². The molecular formula is C23H32ClN5O10P2. The van der Waals surface area contributed by atoms with Crippen molar-refractivity contribution in [3.8, 4) is 0 Å². The topological polar surface area (TPSA) is 226 Å². The number of nitrogens with zero attached hydrogens (tertiary/aromatic N) is 4. The van der Waals surface area contributed by atoms with Crippen molar-refractivity contribution in [2.24, 2.45) is 23.2 Å². The molecule has 4 bridgehead atoms. The van der Waals surface area contributed by atoms with Gasteiger partial charge >= 0.3 is 15.2 Å². The highest BCUT2D eigenvalue weighted by Gasteiger charge is 2.51. The highest BCUT2D eigenvalue weighted by Crippen LogP contribution is 2.61. The third kappa shape index (κ3) is 6.12. The van der Waals surface area contributed by atoms with Gasteiger partial charge in [0.1, 0.15) is 18.3 Å². The molecule has 15 nitrogen and oxygen atoms in total. The monoisotopic (exact) mass is 635 g/mol. The van der Waals surface area contributed by atoms with Gasteiger partial charge in [0.25, 0.3) is 0 Å². The molecule has 7 rings (SSSR count). The number of anilines is 1. The maximum Gasteiger partial charge on any atom is 0.340 e. The van der Waals surface area contributed by atoms with Crippen LogP contribution in [0, 0.1) is 23.2 Å². The quantitative estimate of drug-likeness (QED) is 0.171. The first kappa shape index (κ1) is 29.6. The Bertz CT molecular complexity index is 1420. The van der Waals surface area contributed by atoms with Gasteiger partial charge in [0.15, 0.2) is 29.1 Å². The summed E-state index contributed by atoms with van der Waals surface area (Å²) in [6, 6.07) is 0. The first-order chi connectivity index (χ1) is 19.2. The predicted molar refractivity (Wildman–Crippen MR) is 143 cm³/mol. The van der Waals surface area contributed by atoms with E-state index in [9.17, 15) is 29.0 Å². The molecule has 226 valence electrons. The molecule has 5 aliphatic rings. The molecule has 1 amide bonds. The first-order valence-electron chi connectivity index (χ1n) is 13.4. The van der Waals surface area contributed by atoms with Crippen molar-refractivity contribution in [1.82, 2.24) is 19.5 Å². The molecule has 6 N–H and O–H groups in total. The van der Waals surface area contributed by atoms with E-state index in [1.807, 2.05) is 0 Å². The standard InChI is InChI=1S/C23H32ClN5O10P2/c24-22-27-19(26-15(30)7-23-4-11-1-12(5-23)3-13(2-11)6-23)16-20(28-22)29(9-25-16)21-18(32)17(31)14(39-21)8-38-41(36,37)10-40(33,34)35/h9,11-14,17-18,21,31-32H,1-8,10H2,(H,36,37)(H2,33,34,35)(H,26,27,28,30)/t11?,12?,13?,14-,17?,18?,21-,23?/m1/s1. The van der Waals surface area contributed by atoms with Gasteiger partial charge < -0.3 is 39.5 Å². The fourth-order valence-corrected chi connectivity index (χ4v) is 10.5. The third-order valence-electron chi connectivity index (χ3n) is 8.77. The molecule has 18 heteroatoms. The minimum atomic E-state index is -4.85. The largest absolute Gasteiger partial charge is 0.387 e. The minimum Gasteiger partial charge on any atom is -0.387 e. The normalized spacial score (nSPS) is 36.1. The number of aliphatic hydroxyl groups is 2. The highest BCUT2D eigenvalue weighted by molar-refractivity contribution is 7.70. The van der Waals surface area contributed by atoms with E-state index < -0.39 is 52.2 Å². The van der Waals surface area contributed by atoms with Crippen LogP contribution in [0.15, 0.2) is 6.33 Å². The van der Waals surface area contributed by atoms with E-state index in [0.29, 0.717) is 24.2 Å². The van der Waals surface area contributed by atoms with E-state index in [-0.39, 0.29) is 33.6 Å². The third-order valence-corrected chi connectivity index (χ3v) is 12.4. The fraction of sp³-hybridized carbons (Fsp3) is 0.739. The molecule has 0 spiro atoms. The average Bonchev–Trinajstić information content (AvgIpc) is 3.35. The molecule has 4 aliphatic carbocycles. The van der Waals surface area contributed by atoms with Crippen molar-refractivity contribution in [2.75, 3.05) is 17.8 Å². The zero-order valence-electron chi connectivity index (χ0n) is 21.8. The van der Waals surface area contributed by atoms with Gasteiger partial charge in [-0.15, -0.1) is 0 Å². The number of fused-ring (bicyclic) bond motifs is 1. The number of ether oxygens (including phenoxy) is 1. The molecule has 5 fully saturated rings. The molecule has 4 saturated carbocycles. The lowest BCUT2D eigenvalue weighted by Gasteiger charge is -2.56. The number of aliphatic hydroxyl groups excluding tert-OH is 2. The SMILES string of the molecule is O=C(CC12CC3CC(CC(C3)C1)C2)Nc1nc(Cl)nc2c1ncn2[C@@H]1O[C@H](COP(=O)(O)CP(=O)(O)O)C(O)C1O. The molecule has 3 unspecified atom stereocenters. The molecule has 0 aromatic carbocycles. The van der Waals surface area contributed by atoms with Crippen molar-refractivity contribution < 1.29 is 48.1 Å². The van der Waals surface area contributed by atoms with Gasteiger partial charge in [-0.05, 0) is 73.3 Å². The summed E-state index contributed by atoms with van der Waals surface area (Å²) >= 11 is 6.18. The van der Waals surface area contributed by atoms with Gasteiger partial charge in [-0.3, -0.25) is 18.5 Å². The van der Waals surface area contributed by atoms with E-state index in [1.165, 1.54) is 30.2 Å². The van der Waals surface area contributed by atoms with E-state index in [4.69, 9.17) is 30.6 Å². The van der Waals surface area contributed by atoms with E-state index in [0.717, 1.165) is 19.3 Å². The molecule has 2 aromatic rings.